The summed E-state index contributed by atoms with van der Waals surface area (Å²) in [6.45, 7) is 7.37. The van der Waals surface area contributed by atoms with Crippen LogP contribution < -0.4 is 5.73 Å². The van der Waals surface area contributed by atoms with Crippen molar-refractivity contribution in [3.8, 4) is 0 Å². The number of carbonyl (C=O) groups is 1. The van der Waals surface area contributed by atoms with E-state index in [1.165, 1.54) is 0 Å². The van der Waals surface area contributed by atoms with E-state index in [4.69, 9.17) is 10.5 Å². The molecule has 0 saturated heterocycles. The molecular weight excluding hydrogens is 190 g/mol. The molecule has 0 unspecified atom stereocenters. The van der Waals surface area contributed by atoms with Crippen LogP contribution in [0.5, 0.6) is 0 Å². The Labute approximate surface area is 90.2 Å². The zero-order valence-electron chi connectivity index (χ0n) is 9.63. The monoisotopic (exact) mass is 207 g/mol. The average Bonchev–Trinajstić information content (AvgIpc) is 2.11. The van der Waals surface area contributed by atoms with Crippen molar-refractivity contribution in [3.05, 3.63) is 28.8 Å². The number of benzene rings is 1. The molecule has 3 nitrogen and oxygen atoms in total. The summed E-state index contributed by atoms with van der Waals surface area (Å²) in [4.78, 5) is 11.7. The molecule has 0 amide bonds. The van der Waals surface area contributed by atoms with Crippen LogP contribution in [0.2, 0.25) is 0 Å². The smallest absolute Gasteiger partial charge is 0.340 e. The molecule has 0 aliphatic heterocycles. The van der Waals surface area contributed by atoms with Crippen LogP contribution in [0.4, 0.5) is 5.69 Å². The number of hydrogen-bond donors (Lipinski definition) is 1. The third-order valence-corrected chi connectivity index (χ3v) is 2.22. The first-order valence-electron chi connectivity index (χ1n) is 5.00. The van der Waals surface area contributed by atoms with Crippen molar-refractivity contribution in [2.75, 3.05) is 5.73 Å². The molecule has 0 aliphatic rings. The molecular formula is C12H17NO2. The highest BCUT2D eigenvalue weighted by Crippen LogP contribution is 2.22. The van der Waals surface area contributed by atoms with Gasteiger partial charge in [0.15, 0.2) is 0 Å². The van der Waals surface area contributed by atoms with Gasteiger partial charge in [0.05, 0.1) is 11.7 Å². The molecule has 15 heavy (non-hydrogen) atoms. The molecule has 3 heteroatoms. The number of carbonyl (C=O) groups excluding carboxylic acids is 1. The van der Waals surface area contributed by atoms with E-state index in [-0.39, 0.29) is 12.1 Å². The first kappa shape index (κ1) is 11.6. The lowest BCUT2D eigenvalue weighted by Crippen LogP contribution is -2.15. The standard InChI is InChI=1S/C12H17NO2/c1-7(2)15-12(14)10-8(3)5-6-9(4)11(10)13/h5-7H,13H2,1-4H3. The van der Waals surface area contributed by atoms with Crippen molar-refractivity contribution in [2.24, 2.45) is 0 Å². The van der Waals surface area contributed by atoms with E-state index in [9.17, 15) is 4.79 Å². The van der Waals surface area contributed by atoms with Gasteiger partial charge in [0.2, 0.25) is 0 Å². The second-order valence-electron chi connectivity index (χ2n) is 3.94. The number of aryl methyl sites for hydroxylation is 2. The summed E-state index contributed by atoms with van der Waals surface area (Å²) < 4.78 is 5.13. The van der Waals surface area contributed by atoms with E-state index < -0.39 is 0 Å². The Morgan fingerprint density at radius 2 is 1.80 bits per heavy atom. The minimum atomic E-state index is -0.344. The van der Waals surface area contributed by atoms with E-state index in [1.807, 2.05) is 39.8 Å². The van der Waals surface area contributed by atoms with Crippen LogP contribution in [0, 0.1) is 13.8 Å². The van der Waals surface area contributed by atoms with Gasteiger partial charge in [-0.15, -0.1) is 0 Å². The number of ether oxygens (including phenoxy) is 1. The van der Waals surface area contributed by atoms with E-state index in [0.717, 1.165) is 11.1 Å². The number of anilines is 1. The molecule has 1 aromatic rings. The zero-order chi connectivity index (χ0) is 11.6. The third-order valence-electron chi connectivity index (χ3n) is 2.22. The van der Waals surface area contributed by atoms with Gasteiger partial charge in [0.1, 0.15) is 0 Å². The predicted molar refractivity (Wildman–Crippen MR) is 60.9 cm³/mol. The second-order valence-corrected chi connectivity index (χ2v) is 3.94. The van der Waals surface area contributed by atoms with Crippen molar-refractivity contribution >= 4 is 11.7 Å². The van der Waals surface area contributed by atoms with Gasteiger partial charge in [-0.05, 0) is 38.8 Å². The molecule has 2 N–H and O–H groups in total. The van der Waals surface area contributed by atoms with Gasteiger partial charge >= 0.3 is 5.97 Å². The van der Waals surface area contributed by atoms with Crippen LogP contribution >= 0.6 is 0 Å². The van der Waals surface area contributed by atoms with Crippen LogP contribution in [-0.4, -0.2) is 12.1 Å². The quantitative estimate of drug-likeness (QED) is 0.598. The fourth-order valence-electron chi connectivity index (χ4n) is 1.38. The van der Waals surface area contributed by atoms with Crippen LogP contribution in [0.1, 0.15) is 35.3 Å². The largest absolute Gasteiger partial charge is 0.459 e. The van der Waals surface area contributed by atoms with Gasteiger partial charge in [-0.2, -0.15) is 0 Å². The first-order valence-corrected chi connectivity index (χ1v) is 5.00. The summed E-state index contributed by atoms with van der Waals surface area (Å²) in [5.41, 5.74) is 8.61. The summed E-state index contributed by atoms with van der Waals surface area (Å²) in [5.74, 6) is -0.344. The number of nitrogen functional groups attached to an aromatic ring is 1. The molecule has 0 spiro atoms. The molecule has 0 aliphatic carbocycles. The van der Waals surface area contributed by atoms with Crippen LogP contribution in [0.3, 0.4) is 0 Å². The molecule has 0 fully saturated rings. The summed E-state index contributed by atoms with van der Waals surface area (Å²) in [5, 5.41) is 0. The molecule has 0 radical (unpaired) electrons. The minimum Gasteiger partial charge on any atom is -0.459 e. The van der Waals surface area contributed by atoms with Gasteiger partial charge in [0.25, 0.3) is 0 Å². The SMILES string of the molecule is Cc1ccc(C)c(C(=O)OC(C)C)c1N. The highest BCUT2D eigenvalue weighted by atomic mass is 16.5. The molecule has 0 bridgehead atoms. The van der Waals surface area contributed by atoms with Crippen molar-refractivity contribution in [3.63, 3.8) is 0 Å². The number of hydrogen-bond acceptors (Lipinski definition) is 3. The van der Waals surface area contributed by atoms with Crippen molar-refractivity contribution in [1.29, 1.82) is 0 Å². The molecule has 0 aromatic heterocycles. The van der Waals surface area contributed by atoms with Crippen molar-refractivity contribution < 1.29 is 9.53 Å². The van der Waals surface area contributed by atoms with Crippen molar-refractivity contribution in [1.82, 2.24) is 0 Å². The summed E-state index contributed by atoms with van der Waals surface area (Å²) >= 11 is 0. The fourth-order valence-corrected chi connectivity index (χ4v) is 1.38. The lowest BCUT2D eigenvalue weighted by Gasteiger charge is -2.13. The Morgan fingerprint density at radius 1 is 1.27 bits per heavy atom. The van der Waals surface area contributed by atoms with E-state index in [0.29, 0.717) is 11.3 Å². The van der Waals surface area contributed by atoms with Gasteiger partial charge in [-0.3, -0.25) is 0 Å². The van der Waals surface area contributed by atoms with Crippen LogP contribution in [0.25, 0.3) is 0 Å². The van der Waals surface area contributed by atoms with Crippen LogP contribution in [0.15, 0.2) is 12.1 Å². The highest BCUT2D eigenvalue weighted by molar-refractivity contribution is 5.97. The molecule has 0 heterocycles. The predicted octanol–water partition coefficient (Wildman–Crippen LogP) is 2.45. The topological polar surface area (TPSA) is 52.3 Å². The van der Waals surface area contributed by atoms with E-state index >= 15 is 0 Å². The summed E-state index contributed by atoms with van der Waals surface area (Å²) in [7, 11) is 0. The molecule has 82 valence electrons. The third kappa shape index (κ3) is 2.49. The summed E-state index contributed by atoms with van der Waals surface area (Å²) in [6, 6.07) is 3.78. The molecule has 0 atom stereocenters. The van der Waals surface area contributed by atoms with Gasteiger partial charge < -0.3 is 10.5 Å². The van der Waals surface area contributed by atoms with E-state index in [2.05, 4.69) is 0 Å². The zero-order valence-corrected chi connectivity index (χ0v) is 9.63. The van der Waals surface area contributed by atoms with Gasteiger partial charge in [-0.25, -0.2) is 4.79 Å². The summed E-state index contributed by atoms with van der Waals surface area (Å²) in [6.07, 6.45) is -0.128. The molecule has 1 aromatic carbocycles. The maximum atomic E-state index is 11.7. The lowest BCUT2D eigenvalue weighted by atomic mass is 10.0. The average molecular weight is 207 g/mol. The number of rotatable bonds is 2. The number of nitrogens with two attached hydrogens (primary N) is 1. The first-order chi connectivity index (χ1) is 6.93. The Kier molecular flexibility index (Phi) is 3.35. The van der Waals surface area contributed by atoms with Gasteiger partial charge in [0, 0.05) is 5.69 Å². The lowest BCUT2D eigenvalue weighted by molar-refractivity contribution is 0.0378. The molecule has 1 rings (SSSR count). The fraction of sp³-hybridized carbons (Fsp3) is 0.417. The second kappa shape index (κ2) is 4.34. The maximum absolute atomic E-state index is 11.7. The van der Waals surface area contributed by atoms with E-state index in [1.54, 1.807) is 0 Å². The van der Waals surface area contributed by atoms with Gasteiger partial charge in [-0.1, -0.05) is 12.1 Å². The Morgan fingerprint density at radius 3 is 2.33 bits per heavy atom. The number of esters is 1. The Hall–Kier alpha value is -1.51. The Balaban J connectivity index is 3.13. The maximum Gasteiger partial charge on any atom is 0.340 e. The molecule has 0 saturated carbocycles. The minimum absolute atomic E-state index is 0.128. The van der Waals surface area contributed by atoms with Crippen molar-refractivity contribution in [2.45, 2.75) is 33.8 Å². The Bertz CT molecular complexity index is 383. The highest BCUT2D eigenvalue weighted by Gasteiger charge is 2.16. The normalized spacial score (nSPS) is 10.5. The van der Waals surface area contributed by atoms with Crippen LogP contribution in [-0.2, 0) is 4.74 Å².